The molecule has 2 nitrogen and oxygen atoms in total. The fourth-order valence-corrected chi connectivity index (χ4v) is 8.24. The van der Waals surface area contributed by atoms with E-state index in [4.69, 9.17) is 0 Å². The van der Waals surface area contributed by atoms with Gasteiger partial charge in [-0.25, -0.2) is 4.79 Å². The molecular formula is C23H24BrO2P. The second-order valence-corrected chi connectivity index (χ2v) is 9.96. The molecule has 0 atom stereocenters. The summed E-state index contributed by atoms with van der Waals surface area (Å²) < 4.78 is 0. The quantitative estimate of drug-likeness (QED) is 0.562. The molecule has 0 heterocycles. The Labute approximate surface area is 172 Å². The summed E-state index contributed by atoms with van der Waals surface area (Å²) >= 11 is 0. The van der Waals surface area contributed by atoms with Crippen LogP contribution in [0.15, 0.2) is 84.9 Å². The van der Waals surface area contributed by atoms with Crippen LogP contribution in [0.1, 0.15) is 30.1 Å². The molecule has 4 heteroatoms. The van der Waals surface area contributed by atoms with E-state index in [0.29, 0.717) is 5.56 Å². The fourth-order valence-electron chi connectivity index (χ4n) is 3.55. The lowest BCUT2D eigenvalue weighted by Crippen LogP contribution is -3.00. The summed E-state index contributed by atoms with van der Waals surface area (Å²) in [6.07, 6.45) is 3.12. The highest BCUT2D eigenvalue weighted by Crippen LogP contribution is 2.56. The van der Waals surface area contributed by atoms with Crippen molar-refractivity contribution in [1.29, 1.82) is 0 Å². The second-order valence-electron chi connectivity index (χ2n) is 6.38. The van der Waals surface area contributed by atoms with Gasteiger partial charge in [0.1, 0.15) is 28.7 Å². The zero-order chi connectivity index (χ0) is 18.4. The molecule has 0 fully saturated rings. The standard InChI is InChI=1S/C23H23O2P.BrH/c1-2-3-18-26(19-12-6-4-7-13-19,20-14-8-5-9-15-20)22-17-11-10-16-21(22)23(24)25;/h4-17H,2-3,18H2,1H3;1H. The monoisotopic (exact) mass is 442 g/mol. The molecule has 0 saturated carbocycles. The van der Waals surface area contributed by atoms with Gasteiger partial charge in [0.05, 0.1) is 6.16 Å². The molecule has 0 aliphatic rings. The van der Waals surface area contributed by atoms with Gasteiger partial charge in [-0.3, -0.25) is 0 Å². The van der Waals surface area contributed by atoms with E-state index >= 15 is 0 Å². The van der Waals surface area contributed by atoms with Crippen molar-refractivity contribution in [3.8, 4) is 0 Å². The van der Waals surface area contributed by atoms with Crippen molar-refractivity contribution in [2.75, 3.05) is 6.16 Å². The van der Waals surface area contributed by atoms with E-state index < -0.39 is 13.2 Å². The number of unbranched alkanes of at least 4 members (excludes halogenated alkanes) is 1. The van der Waals surface area contributed by atoms with Crippen molar-refractivity contribution in [1.82, 2.24) is 0 Å². The van der Waals surface area contributed by atoms with Crippen LogP contribution in [-0.2, 0) is 0 Å². The molecule has 0 aliphatic carbocycles. The maximum atomic E-state index is 12.0. The molecule has 0 saturated heterocycles. The summed E-state index contributed by atoms with van der Waals surface area (Å²) in [6.45, 7) is 2.19. The van der Waals surface area contributed by atoms with Crippen molar-refractivity contribution in [3.05, 3.63) is 90.5 Å². The van der Waals surface area contributed by atoms with Crippen LogP contribution >= 0.6 is 7.26 Å². The number of benzene rings is 3. The highest BCUT2D eigenvalue weighted by molar-refractivity contribution is 7.95. The molecule has 0 aromatic heterocycles. The second kappa shape index (κ2) is 9.82. The number of carbonyl (C=O) groups is 1. The van der Waals surface area contributed by atoms with Gasteiger partial charge in [0.25, 0.3) is 0 Å². The molecule has 0 aliphatic heterocycles. The van der Waals surface area contributed by atoms with Crippen LogP contribution in [0.5, 0.6) is 0 Å². The average Bonchev–Trinajstić information content (AvgIpc) is 2.70. The minimum Gasteiger partial charge on any atom is -1.00 e. The molecule has 27 heavy (non-hydrogen) atoms. The number of hydrogen-bond donors (Lipinski definition) is 1. The van der Waals surface area contributed by atoms with E-state index in [2.05, 4.69) is 55.5 Å². The summed E-state index contributed by atoms with van der Waals surface area (Å²) in [6, 6.07) is 28.5. The lowest BCUT2D eigenvalue weighted by molar-refractivity contribution is -0.0000207. The molecule has 3 aromatic rings. The Morgan fingerprint density at radius 2 is 1.30 bits per heavy atom. The summed E-state index contributed by atoms with van der Waals surface area (Å²) in [7, 11) is -2.04. The molecule has 140 valence electrons. The normalized spacial score (nSPS) is 10.9. The largest absolute Gasteiger partial charge is 1.00 e. The van der Waals surface area contributed by atoms with Gasteiger partial charge in [-0.2, -0.15) is 0 Å². The summed E-state index contributed by atoms with van der Waals surface area (Å²) in [5.41, 5.74) is 0.421. The molecule has 3 aromatic carbocycles. The average molecular weight is 443 g/mol. The molecule has 0 amide bonds. The Kier molecular flexibility index (Phi) is 7.77. The number of carboxylic acid groups (broad SMARTS) is 1. The lowest BCUT2D eigenvalue weighted by Gasteiger charge is -2.28. The minimum atomic E-state index is -2.04. The van der Waals surface area contributed by atoms with Crippen LogP contribution in [0, 0.1) is 0 Å². The Hall–Kier alpha value is -1.96. The van der Waals surface area contributed by atoms with Crippen LogP contribution in [0.4, 0.5) is 0 Å². The molecule has 0 radical (unpaired) electrons. The van der Waals surface area contributed by atoms with Gasteiger partial charge in [0, 0.05) is 0 Å². The summed E-state index contributed by atoms with van der Waals surface area (Å²) in [4.78, 5) is 12.0. The number of carboxylic acids is 1. The first-order valence-corrected chi connectivity index (χ1v) is 11.0. The first-order chi connectivity index (χ1) is 12.7. The predicted molar refractivity (Wildman–Crippen MR) is 112 cm³/mol. The molecule has 0 bridgehead atoms. The topological polar surface area (TPSA) is 37.3 Å². The van der Waals surface area contributed by atoms with E-state index in [0.717, 1.165) is 24.3 Å². The maximum absolute atomic E-state index is 12.0. The van der Waals surface area contributed by atoms with E-state index in [9.17, 15) is 9.90 Å². The van der Waals surface area contributed by atoms with Crippen LogP contribution in [0.3, 0.4) is 0 Å². The third kappa shape index (κ3) is 4.31. The van der Waals surface area contributed by atoms with Crippen LogP contribution < -0.4 is 32.9 Å². The number of rotatable bonds is 7. The smallest absolute Gasteiger partial charge is 0.339 e. The lowest BCUT2D eigenvalue weighted by atomic mass is 10.2. The zero-order valence-corrected chi connectivity index (χ0v) is 17.9. The van der Waals surface area contributed by atoms with E-state index in [-0.39, 0.29) is 17.0 Å². The third-order valence-corrected chi connectivity index (χ3v) is 9.35. The van der Waals surface area contributed by atoms with Gasteiger partial charge in [-0.1, -0.05) is 61.9 Å². The Morgan fingerprint density at radius 3 is 1.78 bits per heavy atom. The van der Waals surface area contributed by atoms with E-state index in [1.54, 1.807) is 6.07 Å². The van der Waals surface area contributed by atoms with Gasteiger partial charge < -0.3 is 22.1 Å². The predicted octanol–water partition coefficient (Wildman–Crippen LogP) is 1.48. The van der Waals surface area contributed by atoms with Gasteiger partial charge in [0.2, 0.25) is 0 Å². The van der Waals surface area contributed by atoms with Crippen molar-refractivity contribution in [3.63, 3.8) is 0 Å². The molecule has 0 spiro atoms. The highest BCUT2D eigenvalue weighted by atomic mass is 79.9. The van der Waals surface area contributed by atoms with Gasteiger partial charge in [0.15, 0.2) is 0 Å². The highest BCUT2D eigenvalue weighted by Gasteiger charge is 2.46. The number of halogens is 1. The van der Waals surface area contributed by atoms with Crippen molar-refractivity contribution < 1.29 is 26.9 Å². The first kappa shape index (κ1) is 21.3. The first-order valence-electron chi connectivity index (χ1n) is 9.02. The third-order valence-electron chi connectivity index (χ3n) is 4.79. The molecule has 0 unspecified atom stereocenters. The van der Waals surface area contributed by atoms with Crippen LogP contribution in [0.25, 0.3) is 0 Å². The van der Waals surface area contributed by atoms with Gasteiger partial charge in [-0.15, -0.1) is 0 Å². The number of aromatic carboxylic acids is 1. The van der Waals surface area contributed by atoms with Gasteiger partial charge in [-0.05, 0) is 42.8 Å². The maximum Gasteiger partial charge on any atom is 0.339 e. The molecule has 1 N–H and O–H groups in total. The SMILES string of the molecule is CCCC[P+](c1ccccc1)(c1ccccc1)c1ccccc1C(=O)O.[Br-]. The zero-order valence-electron chi connectivity index (χ0n) is 15.4. The molecule has 3 rings (SSSR count). The van der Waals surface area contributed by atoms with Crippen LogP contribution in [0.2, 0.25) is 0 Å². The Bertz CT molecular complexity index is 826. The molecular weight excluding hydrogens is 419 g/mol. The van der Waals surface area contributed by atoms with Crippen molar-refractivity contribution >= 4 is 29.1 Å². The summed E-state index contributed by atoms with van der Waals surface area (Å²) in [5.74, 6) is -0.853. The Balaban J connectivity index is 0.00000261. The fraction of sp³-hybridized carbons (Fsp3) is 0.174. The van der Waals surface area contributed by atoms with Crippen molar-refractivity contribution in [2.24, 2.45) is 0 Å². The Morgan fingerprint density at radius 1 is 0.815 bits per heavy atom. The van der Waals surface area contributed by atoms with E-state index in [1.165, 1.54) is 10.6 Å². The van der Waals surface area contributed by atoms with Gasteiger partial charge >= 0.3 is 5.97 Å². The minimum absolute atomic E-state index is 0. The number of hydrogen-bond acceptors (Lipinski definition) is 1. The van der Waals surface area contributed by atoms with E-state index in [1.807, 2.05) is 30.3 Å². The van der Waals surface area contributed by atoms with Crippen LogP contribution in [-0.4, -0.2) is 17.2 Å². The summed E-state index contributed by atoms with van der Waals surface area (Å²) in [5, 5.41) is 13.3. The van der Waals surface area contributed by atoms with Crippen molar-refractivity contribution in [2.45, 2.75) is 19.8 Å².